The van der Waals surface area contributed by atoms with Crippen LogP contribution in [-0.2, 0) is 11.2 Å². The molecule has 1 aliphatic heterocycles. The highest BCUT2D eigenvalue weighted by molar-refractivity contribution is 7.95. The van der Waals surface area contributed by atoms with E-state index in [0.29, 0.717) is 29.6 Å². The molecule has 3 amide bonds. The second-order valence-electron chi connectivity index (χ2n) is 5.77. The summed E-state index contributed by atoms with van der Waals surface area (Å²) in [6.45, 7) is 0.687. The summed E-state index contributed by atoms with van der Waals surface area (Å²) in [5.74, 6) is 0.383. The lowest BCUT2D eigenvalue weighted by molar-refractivity contribution is -0.420. The predicted octanol–water partition coefficient (Wildman–Crippen LogP) is 2.27. The number of hydrazine groups is 1. The number of nitrogens with one attached hydrogen (secondary N) is 3. The fraction of sp³-hybridized carbons (Fsp3) is 0.222. The molecule has 1 aliphatic rings. The number of amides is 3. The number of benzene rings is 2. The highest BCUT2D eigenvalue weighted by Crippen LogP contribution is 2.22. The zero-order valence-corrected chi connectivity index (χ0v) is 15.2. The molecular weight excluding hydrogens is 368 g/mol. The Balaban J connectivity index is 1.37. The first kappa shape index (κ1) is 18.7. The Bertz CT molecular complexity index is 814. The molecule has 2 aromatic rings. The standard InChI is InChI=1S/C18H18N4O4S/c23-17-16(27-22(25)21-17)12-13-6-8-15(9-7-13)26-11-10-19-18(24)20-14-4-2-1-3-5-14/h1-9,16H,10-12H2,(H2-,19,20,21,23,24,25)/p+1. The van der Waals surface area contributed by atoms with E-state index in [0.717, 1.165) is 23.2 Å². The number of nitroso groups, excluding NO2 is 1. The van der Waals surface area contributed by atoms with Crippen molar-refractivity contribution >= 4 is 29.6 Å². The van der Waals surface area contributed by atoms with Gasteiger partial charge in [0.25, 0.3) is 17.9 Å². The molecule has 9 heteroatoms. The first-order chi connectivity index (χ1) is 13.1. The monoisotopic (exact) mass is 387 g/mol. The lowest BCUT2D eigenvalue weighted by Gasteiger charge is -2.09. The number of nitrogens with zero attached hydrogens (tertiary/aromatic N) is 1. The van der Waals surface area contributed by atoms with Gasteiger partial charge in [0.05, 0.1) is 11.5 Å². The number of carbonyl (C=O) groups is 2. The summed E-state index contributed by atoms with van der Waals surface area (Å²) in [6.07, 6.45) is 0.469. The Hall–Kier alpha value is -3.07. The minimum Gasteiger partial charge on any atom is -0.492 e. The maximum Gasteiger partial charge on any atom is 0.319 e. The summed E-state index contributed by atoms with van der Waals surface area (Å²) in [5, 5.41) is 5.02. The molecule has 1 saturated heterocycles. The minimum absolute atomic E-state index is 0.282. The van der Waals surface area contributed by atoms with Gasteiger partial charge in [-0.05, 0) is 36.2 Å². The third kappa shape index (κ3) is 5.71. The molecule has 1 atom stereocenters. The van der Waals surface area contributed by atoms with Gasteiger partial charge in [0.2, 0.25) is 4.27 Å². The van der Waals surface area contributed by atoms with Gasteiger partial charge in [-0.2, -0.15) is 0 Å². The normalized spacial score (nSPS) is 15.9. The van der Waals surface area contributed by atoms with E-state index in [1.54, 1.807) is 24.3 Å². The highest BCUT2D eigenvalue weighted by Gasteiger charge is 2.40. The molecule has 2 aromatic carbocycles. The Morgan fingerprint density at radius 3 is 2.56 bits per heavy atom. The fourth-order valence-corrected chi connectivity index (χ4v) is 3.24. The van der Waals surface area contributed by atoms with Crippen LogP contribution in [0.2, 0.25) is 0 Å². The topological polar surface area (TPSA) is 99.5 Å². The largest absolute Gasteiger partial charge is 0.492 e. The van der Waals surface area contributed by atoms with Crippen LogP contribution in [0.3, 0.4) is 0 Å². The molecule has 1 heterocycles. The number of hydrogen-bond acceptors (Lipinski definition) is 5. The van der Waals surface area contributed by atoms with Gasteiger partial charge in [0, 0.05) is 5.69 Å². The van der Waals surface area contributed by atoms with Gasteiger partial charge in [0.15, 0.2) is 5.25 Å². The van der Waals surface area contributed by atoms with Gasteiger partial charge in [0.1, 0.15) is 12.4 Å². The van der Waals surface area contributed by atoms with Crippen LogP contribution in [0.15, 0.2) is 54.6 Å². The van der Waals surface area contributed by atoms with Crippen LogP contribution in [0.1, 0.15) is 5.56 Å². The SMILES string of the molecule is O=C(NCCOc1ccc(CC2S[N+](=O)NC2=O)cc1)Nc1ccccc1. The molecule has 0 aromatic heterocycles. The van der Waals surface area contributed by atoms with Crippen molar-refractivity contribution in [2.75, 3.05) is 18.5 Å². The maximum absolute atomic E-state index is 11.7. The first-order valence-electron chi connectivity index (χ1n) is 8.36. The van der Waals surface area contributed by atoms with Gasteiger partial charge in [-0.3, -0.25) is 4.79 Å². The summed E-state index contributed by atoms with van der Waals surface area (Å²) >= 11 is 0.932. The van der Waals surface area contributed by atoms with E-state index >= 15 is 0 Å². The summed E-state index contributed by atoms with van der Waals surface area (Å²) in [6, 6.07) is 16.2. The number of ether oxygens (including phenoxy) is 1. The second kappa shape index (κ2) is 9.04. The van der Waals surface area contributed by atoms with Crippen molar-refractivity contribution in [1.29, 1.82) is 0 Å². The van der Waals surface area contributed by atoms with Crippen molar-refractivity contribution in [3.63, 3.8) is 0 Å². The molecule has 1 fully saturated rings. The molecule has 0 saturated carbocycles. The van der Waals surface area contributed by atoms with Gasteiger partial charge in [-0.15, -0.1) is 0 Å². The van der Waals surface area contributed by atoms with Crippen LogP contribution in [0.25, 0.3) is 0 Å². The van der Waals surface area contributed by atoms with Crippen LogP contribution in [-0.4, -0.2) is 34.6 Å². The average molecular weight is 387 g/mol. The molecule has 0 bridgehead atoms. The lowest BCUT2D eigenvalue weighted by Crippen LogP contribution is -2.32. The van der Waals surface area contributed by atoms with Gasteiger partial charge in [-0.1, -0.05) is 35.8 Å². The summed E-state index contributed by atoms with van der Waals surface area (Å²) in [4.78, 5) is 34.4. The molecule has 3 N–H and O–H groups in total. The van der Waals surface area contributed by atoms with Gasteiger partial charge >= 0.3 is 6.03 Å². The van der Waals surface area contributed by atoms with E-state index in [9.17, 15) is 14.5 Å². The quantitative estimate of drug-likeness (QED) is 0.385. The summed E-state index contributed by atoms with van der Waals surface area (Å²) < 4.78 is 6.06. The number of carbonyl (C=O) groups excluding carboxylic acids is 2. The van der Waals surface area contributed by atoms with Crippen molar-refractivity contribution in [3.8, 4) is 5.75 Å². The molecule has 140 valence electrons. The maximum atomic E-state index is 11.7. The van der Waals surface area contributed by atoms with Gasteiger partial charge < -0.3 is 15.4 Å². The minimum atomic E-state index is -0.415. The van der Waals surface area contributed by atoms with Crippen molar-refractivity contribution in [2.45, 2.75) is 11.7 Å². The zero-order chi connectivity index (χ0) is 19.1. The van der Waals surface area contributed by atoms with E-state index < -0.39 is 5.25 Å². The highest BCUT2D eigenvalue weighted by atomic mass is 32.2. The molecule has 3 rings (SSSR count). The number of anilines is 1. The van der Waals surface area contributed by atoms with Crippen LogP contribution < -0.4 is 20.8 Å². The van der Waals surface area contributed by atoms with E-state index in [1.807, 2.05) is 30.3 Å². The van der Waals surface area contributed by atoms with Crippen molar-refractivity contribution in [1.82, 2.24) is 10.7 Å². The van der Waals surface area contributed by atoms with Crippen LogP contribution in [0, 0.1) is 4.91 Å². The number of urea groups is 1. The second-order valence-corrected chi connectivity index (χ2v) is 6.88. The average Bonchev–Trinajstić information content (AvgIpc) is 2.98. The van der Waals surface area contributed by atoms with Crippen molar-refractivity contribution in [2.24, 2.45) is 0 Å². The van der Waals surface area contributed by atoms with Crippen molar-refractivity contribution < 1.29 is 18.6 Å². The molecular formula is C18H19N4O4S+. The molecule has 0 aliphatic carbocycles. The Kier molecular flexibility index (Phi) is 6.26. The van der Waals surface area contributed by atoms with E-state index in [4.69, 9.17) is 4.74 Å². The van der Waals surface area contributed by atoms with Crippen LogP contribution >= 0.6 is 11.9 Å². The predicted molar refractivity (Wildman–Crippen MR) is 102 cm³/mol. The Morgan fingerprint density at radius 1 is 1.15 bits per heavy atom. The van der Waals surface area contributed by atoms with E-state index in [2.05, 4.69) is 16.1 Å². The van der Waals surface area contributed by atoms with E-state index in [-0.39, 0.29) is 11.9 Å². The fourth-order valence-electron chi connectivity index (χ4n) is 2.45. The van der Waals surface area contributed by atoms with E-state index in [1.165, 1.54) is 0 Å². The molecule has 1 unspecified atom stereocenters. The molecule has 8 nitrogen and oxygen atoms in total. The lowest BCUT2D eigenvalue weighted by atomic mass is 10.1. The molecule has 0 spiro atoms. The third-order valence-electron chi connectivity index (χ3n) is 3.75. The van der Waals surface area contributed by atoms with Crippen LogP contribution in [0.5, 0.6) is 5.75 Å². The number of para-hydroxylation sites is 1. The summed E-state index contributed by atoms with van der Waals surface area (Å²) in [5.41, 5.74) is 3.85. The Labute approximate surface area is 160 Å². The molecule has 27 heavy (non-hydrogen) atoms. The van der Waals surface area contributed by atoms with Crippen LogP contribution in [0.4, 0.5) is 10.5 Å². The third-order valence-corrected chi connectivity index (χ3v) is 4.67. The smallest absolute Gasteiger partial charge is 0.319 e. The first-order valence-corrected chi connectivity index (χ1v) is 9.20. The van der Waals surface area contributed by atoms with Gasteiger partial charge in [-0.25, -0.2) is 4.79 Å². The Morgan fingerprint density at radius 2 is 1.89 bits per heavy atom. The zero-order valence-electron chi connectivity index (χ0n) is 14.4. The van der Waals surface area contributed by atoms with Crippen molar-refractivity contribution in [3.05, 3.63) is 65.1 Å². The number of rotatable bonds is 7. The number of hydrogen-bond donors (Lipinski definition) is 3. The summed E-state index contributed by atoms with van der Waals surface area (Å²) in [7, 11) is 0. The molecule has 0 radical (unpaired) electrons.